The van der Waals surface area contributed by atoms with Gasteiger partial charge in [0.25, 0.3) is 0 Å². The van der Waals surface area contributed by atoms with Crippen LogP contribution in [0.5, 0.6) is 5.75 Å². The average Bonchev–Trinajstić information content (AvgIpc) is 2.20. The molecule has 16 heavy (non-hydrogen) atoms. The normalized spacial score (nSPS) is 8.88. The van der Waals surface area contributed by atoms with Crippen LogP contribution < -0.4 is 21.7 Å². The molecule has 0 N–H and O–H groups in total. The van der Waals surface area contributed by atoms with E-state index < -0.39 is 0 Å². The molecular weight excluding hydrogens is 283 g/mol. The molecule has 86 valence electrons. The maximum Gasteiger partial charge on any atom is 2.00 e. The monoisotopic (exact) mass is 298 g/mol. The van der Waals surface area contributed by atoms with E-state index in [1.54, 1.807) is 6.07 Å². The number of ether oxygens (including phenoxy) is 1. The fraction of sp³-hybridized carbons (Fsp3) is 0.500. The Kier molecular flexibility index (Phi) is 13.5. The Labute approximate surface area is 124 Å². The fourth-order valence-corrected chi connectivity index (χ4v) is 1.22. The van der Waals surface area contributed by atoms with Crippen LogP contribution in [0.2, 0.25) is 0 Å². The van der Waals surface area contributed by atoms with Gasteiger partial charge in [-0.15, -0.1) is 12.1 Å². The molecule has 1 rings (SSSR count). The zero-order chi connectivity index (χ0) is 10.2. The van der Waals surface area contributed by atoms with Crippen molar-refractivity contribution in [1.82, 2.24) is 0 Å². The van der Waals surface area contributed by atoms with Gasteiger partial charge in [0.15, 0.2) is 0 Å². The van der Waals surface area contributed by atoms with Gasteiger partial charge >= 0.3 is 23.1 Å². The van der Waals surface area contributed by atoms with Crippen LogP contribution >= 0.6 is 0 Å². The molecule has 0 aromatic heterocycles. The molecule has 0 fully saturated rings. The fourth-order valence-electron chi connectivity index (χ4n) is 1.22. The predicted octanol–water partition coefficient (Wildman–Crippen LogP) is 0.208. The van der Waals surface area contributed by atoms with Gasteiger partial charge in [0.2, 0.25) is 0 Å². The first-order valence-electron chi connectivity index (χ1n) is 5.13. The first-order valence-corrected chi connectivity index (χ1v) is 5.13. The largest absolute Gasteiger partial charge is 2.00 e. The molecule has 0 aliphatic rings. The molecule has 0 amide bonds. The summed E-state index contributed by atoms with van der Waals surface area (Å²) in [5, 5.41) is 0. The van der Waals surface area contributed by atoms with Crippen molar-refractivity contribution in [2.75, 3.05) is 6.61 Å². The Bertz CT molecular complexity index is 271. The molecule has 0 saturated heterocycles. The van der Waals surface area contributed by atoms with Gasteiger partial charge in [0.05, 0.1) is 12.4 Å². The number of unbranched alkanes of at least 4 members (excludes halogenated alkanes) is 3. The van der Waals surface area contributed by atoms with Gasteiger partial charge in [0, 0.05) is 5.75 Å². The minimum atomic E-state index is -0.306. The van der Waals surface area contributed by atoms with Crippen LogP contribution in [0.1, 0.15) is 32.6 Å². The Morgan fingerprint density at radius 2 is 2.06 bits per heavy atom. The van der Waals surface area contributed by atoms with Gasteiger partial charge in [-0.25, -0.2) is 4.39 Å². The molecule has 0 bridgehead atoms. The molecule has 1 aromatic carbocycles. The zero-order valence-electron chi connectivity index (χ0n) is 9.64. The van der Waals surface area contributed by atoms with Crippen LogP contribution in [0, 0.1) is 11.9 Å². The second-order valence-corrected chi connectivity index (χ2v) is 3.27. The van der Waals surface area contributed by atoms with Crippen molar-refractivity contribution < 1.29 is 26.1 Å². The van der Waals surface area contributed by atoms with Gasteiger partial charge in [-0.3, -0.25) is 0 Å². The summed E-state index contributed by atoms with van der Waals surface area (Å²) in [6.45, 7) is 2.75. The van der Waals surface area contributed by atoms with Crippen molar-refractivity contribution in [2.45, 2.75) is 32.6 Å². The third-order valence-electron chi connectivity index (χ3n) is 2.03. The van der Waals surface area contributed by atoms with Crippen LogP contribution in [0.4, 0.5) is 4.39 Å². The second-order valence-electron chi connectivity index (χ2n) is 3.27. The quantitative estimate of drug-likeness (QED) is 0.414. The molecule has 0 atom stereocenters. The Hall–Kier alpha value is 0.196. The molecule has 0 aliphatic heterocycles. The topological polar surface area (TPSA) is 9.23 Å². The molecule has 0 radical (unpaired) electrons. The minimum Gasteiger partial charge on any atom is -1.00 e. The van der Waals surface area contributed by atoms with E-state index in [2.05, 4.69) is 13.0 Å². The molecule has 1 aromatic rings. The minimum absolute atomic E-state index is 0. The van der Waals surface area contributed by atoms with E-state index in [-0.39, 0.29) is 45.9 Å². The summed E-state index contributed by atoms with van der Waals surface area (Å²) >= 11 is 0. The third kappa shape index (κ3) is 7.47. The summed E-state index contributed by atoms with van der Waals surface area (Å²) in [5.41, 5.74) is 0. The molecule has 4 heteroatoms. The van der Waals surface area contributed by atoms with E-state index in [0.717, 1.165) is 12.8 Å². The summed E-state index contributed by atoms with van der Waals surface area (Å²) in [6.07, 6.45) is 4.55. The summed E-state index contributed by atoms with van der Waals surface area (Å²) in [6, 6.07) is 7.23. The smallest absolute Gasteiger partial charge is 1.00 e. The van der Waals surface area contributed by atoms with Crippen LogP contribution in [0.15, 0.2) is 18.2 Å². The molecular formula is C12H16BrFMgO. The summed E-state index contributed by atoms with van der Waals surface area (Å²) in [5.74, 6) is 0.00300. The summed E-state index contributed by atoms with van der Waals surface area (Å²) in [4.78, 5) is 0. The van der Waals surface area contributed by atoms with Crippen molar-refractivity contribution in [1.29, 1.82) is 0 Å². The van der Waals surface area contributed by atoms with Crippen molar-refractivity contribution >= 4 is 23.1 Å². The molecule has 0 aliphatic carbocycles. The molecule has 0 unspecified atom stereocenters. The zero-order valence-corrected chi connectivity index (χ0v) is 12.6. The van der Waals surface area contributed by atoms with Gasteiger partial charge in [-0.2, -0.15) is 12.1 Å². The molecule has 0 saturated carbocycles. The predicted molar refractivity (Wildman–Crippen MR) is 60.6 cm³/mol. The maximum atomic E-state index is 13.0. The Balaban J connectivity index is 0. The number of benzene rings is 1. The van der Waals surface area contributed by atoms with Gasteiger partial charge in [0.1, 0.15) is 0 Å². The van der Waals surface area contributed by atoms with E-state index >= 15 is 0 Å². The second kappa shape index (κ2) is 11.7. The van der Waals surface area contributed by atoms with Gasteiger partial charge in [-0.05, 0) is 6.42 Å². The average molecular weight is 299 g/mol. The first-order chi connectivity index (χ1) is 6.84. The Morgan fingerprint density at radius 3 is 2.69 bits per heavy atom. The maximum absolute atomic E-state index is 13.0. The van der Waals surface area contributed by atoms with Gasteiger partial charge in [-0.1, -0.05) is 26.2 Å². The van der Waals surface area contributed by atoms with E-state index in [1.165, 1.54) is 25.0 Å². The van der Waals surface area contributed by atoms with Gasteiger partial charge < -0.3 is 21.7 Å². The third-order valence-corrected chi connectivity index (χ3v) is 2.03. The standard InChI is InChI=1S/C12H16FO.BrH.Mg/c1-2-3-4-7-10-14-12-9-6-5-8-11(12)13;;/h5,8-9H,2-4,7,10H2,1H3;1H;/q-1;;+2/p-1. The molecule has 0 spiro atoms. The number of hydrogen-bond donors (Lipinski definition) is 0. The van der Waals surface area contributed by atoms with Crippen molar-refractivity contribution in [2.24, 2.45) is 0 Å². The van der Waals surface area contributed by atoms with E-state index in [0.29, 0.717) is 12.4 Å². The van der Waals surface area contributed by atoms with E-state index in [4.69, 9.17) is 4.74 Å². The summed E-state index contributed by atoms with van der Waals surface area (Å²) in [7, 11) is 0. The van der Waals surface area contributed by atoms with E-state index in [1.807, 2.05) is 0 Å². The van der Waals surface area contributed by atoms with Crippen LogP contribution in [-0.4, -0.2) is 29.7 Å². The number of halogens is 2. The summed E-state index contributed by atoms with van der Waals surface area (Å²) < 4.78 is 18.3. The molecule has 0 heterocycles. The molecule has 1 nitrogen and oxygen atoms in total. The van der Waals surface area contributed by atoms with Crippen molar-refractivity contribution in [3.8, 4) is 5.75 Å². The first kappa shape index (κ1) is 18.6. The number of hydrogen-bond acceptors (Lipinski definition) is 1. The van der Waals surface area contributed by atoms with E-state index in [9.17, 15) is 4.39 Å². The van der Waals surface area contributed by atoms with Crippen LogP contribution in [-0.2, 0) is 0 Å². The Morgan fingerprint density at radius 1 is 1.31 bits per heavy atom. The van der Waals surface area contributed by atoms with Crippen molar-refractivity contribution in [3.05, 3.63) is 30.1 Å². The SMILES string of the molecule is CCCCCCOc1c[c-]ccc1F.[Br-].[Mg+2]. The van der Waals surface area contributed by atoms with Crippen molar-refractivity contribution in [3.63, 3.8) is 0 Å². The van der Waals surface area contributed by atoms with Crippen LogP contribution in [0.3, 0.4) is 0 Å². The number of rotatable bonds is 6. The van der Waals surface area contributed by atoms with Crippen LogP contribution in [0.25, 0.3) is 0 Å².